The molecule has 18 heavy (non-hydrogen) atoms. The van der Waals surface area contributed by atoms with E-state index in [4.69, 9.17) is 4.74 Å². The van der Waals surface area contributed by atoms with Gasteiger partial charge in [0.05, 0.1) is 17.2 Å². The number of aryl methyl sites for hydroxylation is 1. The summed E-state index contributed by atoms with van der Waals surface area (Å²) >= 11 is 0. The number of fused-ring (bicyclic) bond motifs is 1. The SMILES string of the molecule is Cc1cccc(Oc2cnc3ccccc3n2)c1. The molecule has 1 aromatic heterocycles. The van der Waals surface area contributed by atoms with Crippen molar-refractivity contribution in [3.8, 4) is 11.6 Å². The van der Waals surface area contributed by atoms with E-state index in [0.717, 1.165) is 22.3 Å². The Labute approximate surface area is 105 Å². The molecule has 0 unspecified atom stereocenters. The summed E-state index contributed by atoms with van der Waals surface area (Å²) in [5.41, 5.74) is 2.86. The van der Waals surface area contributed by atoms with Gasteiger partial charge in [-0.05, 0) is 36.8 Å². The zero-order valence-corrected chi connectivity index (χ0v) is 10.00. The molecule has 0 spiro atoms. The molecule has 0 saturated carbocycles. The Morgan fingerprint density at radius 3 is 2.61 bits per heavy atom. The minimum Gasteiger partial charge on any atom is -0.437 e. The smallest absolute Gasteiger partial charge is 0.238 e. The van der Waals surface area contributed by atoms with Crippen LogP contribution in [0.5, 0.6) is 11.6 Å². The molecule has 0 fully saturated rings. The number of benzene rings is 2. The number of para-hydroxylation sites is 2. The van der Waals surface area contributed by atoms with E-state index in [2.05, 4.69) is 9.97 Å². The van der Waals surface area contributed by atoms with Crippen LogP contribution in [-0.2, 0) is 0 Å². The van der Waals surface area contributed by atoms with Crippen molar-refractivity contribution in [3.63, 3.8) is 0 Å². The molecule has 0 radical (unpaired) electrons. The zero-order chi connectivity index (χ0) is 12.4. The Bertz CT molecular complexity index is 695. The second kappa shape index (κ2) is 4.45. The first-order valence-corrected chi connectivity index (χ1v) is 5.77. The average molecular weight is 236 g/mol. The van der Waals surface area contributed by atoms with E-state index >= 15 is 0 Å². The minimum atomic E-state index is 0.513. The second-order valence-corrected chi connectivity index (χ2v) is 4.12. The molecule has 88 valence electrons. The van der Waals surface area contributed by atoms with Crippen molar-refractivity contribution in [1.82, 2.24) is 9.97 Å². The number of aromatic nitrogens is 2. The normalized spacial score (nSPS) is 10.5. The number of hydrogen-bond donors (Lipinski definition) is 0. The van der Waals surface area contributed by atoms with Gasteiger partial charge >= 0.3 is 0 Å². The van der Waals surface area contributed by atoms with E-state index < -0.39 is 0 Å². The molecule has 3 heteroatoms. The molecular weight excluding hydrogens is 224 g/mol. The lowest BCUT2D eigenvalue weighted by Crippen LogP contribution is -1.90. The summed E-state index contributed by atoms with van der Waals surface area (Å²) in [6.45, 7) is 2.03. The van der Waals surface area contributed by atoms with Crippen molar-refractivity contribution in [3.05, 3.63) is 60.3 Å². The largest absolute Gasteiger partial charge is 0.437 e. The number of rotatable bonds is 2. The first-order chi connectivity index (χ1) is 8.81. The number of ether oxygens (including phenoxy) is 1. The van der Waals surface area contributed by atoms with Gasteiger partial charge in [0.2, 0.25) is 5.88 Å². The fourth-order valence-corrected chi connectivity index (χ4v) is 1.79. The van der Waals surface area contributed by atoms with Crippen molar-refractivity contribution in [2.45, 2.75) is 6.92 Å². The molecule has 0 aliphatic carbocycles. The minimum absolute atomic E-state index is 0.513. The van der Waals surface area contributed by atoms with Crippen LogP contribution < -0.4 is 4.74 Å². The molecule has 0 saturated heterocycles. The van der Waals surface area contributed by atoms with Gasteiger partial charge in [-0.3, -0.25) is 0 Å². The third-order valence-electron chi connectivity index (χ3n) is 2.64. The van der Waals surface area contributed by atoms with Gasteiger partial charge in [0, 0.05) is 0 Å². The summed E-state index contributed by atoms with van der Waals surface area (Å²) in [6.07, 6.45) is 1.64. The Kier molecular flexibility index (Phi) is 2.65. The highest BCUT2D eigenvalue weighted by Crippen LogP contribution is 2.21. The van der Waals surface area contributed by atoms with Gasteiger partial charge in [0.15, 0.2) is 0 Å². The summed E-state index contributed by atoms with van der Waals surface area (Å²) in [5.74, 6) is 1.29. The first-order valence-electron chi connectivity index (χ1n) is 5.77. The van der Waals surface area contributed by atoms with Gasteiger partial charge in [-0.25, -0.2) is 9.97 Å². The lowest BCUT2D eigenvalue weighted by Gasteiger charge is -2.05. The van der Waals surface area contributed by atoms with E-state index in [1.54, 1.807) is 6.20 Å². The van der Waals surface area contributed by atoms with Crippen LogP contribution in [0.15, 0.2) is 54.7 Å². The fraction of sp³-hybridized carbons (Fsp3) is 0.0667. The molecule has 0 aliphatic heterocycles. The molecule has 0 amide bonds. The average Bonchev–Trinajstić information content (AvgIpc) is 2.39. The van der Waals surface area contributed by atoms with E-state index in [1.807, 2.05) is 55.5 Å². The maximum Gasteiger partial charge on any atom is 0.238 e. The summed E-state index contributed by atoms with van der Waals surface area (Å²) in [7, 11) is 0. The molecule has 0 atom stereocenters. The third-order valence-corrected chi connectivity index (χ3v) is 2.64. The van der Waals surface area contributed by atoms with Gasteiger partial charge in [0.25, 0.3) is 0 Å². The van der Waals surface area contributed by atoms with Gasteiger partial charge < -0.3 is 4.74 Å². The van der Waals surface area contributed by atoms with Gasteiger partial charge in [-0.1, -0.05) is 24.3 Å². The predicted octanol–water partition coefficient (Wildman–Crippen LogP) is 3.73. The quantitative estimate of drug-likeness (QED) is 0.680. The summed E-state index contributed by atoms with van der Waals surface area (Å²) in [4.78, 5) is 8.73. The Balaban J connectivity index is 1.95. The van der Waals surface area contributed by atoms with E-state index in [1.165, 1.54) is 0 Å². The van der Waals surface area contributed by atoms with Crippen LogP contribution >= 0.6 is 0 Å². The van der Waals surface area contributed by atoms with Crippen LogP contribution in [0.25, 0.3) is 11.0 Å². The van der Waals surface area contributed by atoms with Gasteiger partial charge in [-0.15, -0.1) is 0 Å². The topological polar surface area (TPSA) is 35.0 Å². The summed E-state index contributed by atoms with van der Waals surface area (Å²) in [5, 5.41) is 0. The van der Waals surface area contributed by atoms with Crippen molar-refractivity contribution >= 4 is 11.0 Å². The number of hydrogen-bond acceptors (Lipinski definition) is 3. The lowest BCUT2D eigenvalue weighted by molar-refractivity contribution is 0.462. The standard InChI is InChI=1S/C15H12N2O/c1-11-5-4-6-12(9-11)18-15-10-16-13-7-2-3-8-14(13)17-15/h2-10H,1H3. The maximum atomic E-state index is 5.69. The van der Waals surface area contributed by atoms with E-state index in [0.29, 0.717) is 5.88 Å². The molecule has 3 rings (SSSR count). The highest BCUT2D eigenvalue weighted by atomic mass is 16.5. The Morgan fingerprint density at radius 1 is 0.944 bits per heavy atom. The van der Waals surface area contributed by atoms with Crippen LogP contribution in [0, 0.1) is 6.92 Å². The van der Waals surface area contributed by atoms with Crippen molar-refractivity contribution in [2.75, 3.05) is 0 Å². The van der Waals surface area contributed by atoms with Crippen molar-refractivity contribution in [2.24, 2.45) is 0 Å². The molecule has 0 bridgehead atoms. The molecule has 3 nitrogen and oxygen atoms in total. The molecule has 0 aliphatic rings. The Morgan fingerprint density at radius 2 is 1.78 bits per heavy atom. The molecule has 2 aromatic carbocycles. The van der Waals surface area contributed by atoms with Crippen molar-refractivity contribution in [1.29, 1.82) is 0 Å². The number of nitrogens with zero attached hydrogens (tertiary/aromatic N) is 2. The molecular formula is C15H12N2O. The Hall–Kier alpha value is -2.42. The monoisotopic (exact) mass is 236 g/mol. The predicted molar refractivity (Wildman–Crippen MR) is 70.8 cm³/mol. The highest BCUT2D eigenvalue weighted by molar-refractivity contribution is 5.74. The third kappa shape index (κ3) is 2.15. The van der Waals surface area contributed by atoms with Crippen LogP contribution in [0.1, 0.15) is 5.56 Å². The molecule has 3 aromatic rings. The van der Waals surface area contributed by atoms with Crippen LogP contribution in [0.4, 0.5) is 0 Å². The van der Waals surface area contributed by atoms with Crippen LogP contribution in [0.3, 0.4) is 0 Å². The maximum absolute atomic E-state index is 5.69. The molecule has 1 heterocycles. The first kappa shape index (κ1) is 10.7. The lowest BCUT2D eigenvalue weighted by atomic mass is 10.2. The molecule has 0 N–H and O–H groups in total. The second-order valence-electron chi connectivity index (χ2n) is 4.12. The van der Waals surface area contributed by atoms with Gasteiger partial charge in [-0.2, -0.15) is 0 Å². The van der Waals surface area contributed by atoms with Crippen molar-refractivity contribution < 1.29 is 4.74 Å². The summed E-state index contributed by atoms with van der Waals surface area (Å²) in [6, 6.07) is 15.6. The zero-order valence-electron chi connectivity index (χ0n) is 10.00. The van der Waals surface area contributed by atoms with E-state index in [9.17, 15) is 0 Å². The van der Waals surface area contributed by atoms with Crippen LogP contribution in [-0.4, -0.2) is 9.97 Å². The van der Waals surface area contributed by atoms with Crippen LogP contribution in [0.2, 0.25) is 0 Å². The highest BCUT2D eigenvalue weighted by Gasteiger charge is 2.01. The van der Waals surface area contributed by atoms with Gasteiger partial charge in [0.1, 0.15) is 5.75 Å². The summed E-state index contributed by atoms with van der Waals surface area (Å²) < 4.78 is 5.69. The fourth-order valence-electron chi connectivity index (χ4n) is 1.79. The van der Waals surface area contributed by atoms with E-state index in [-0.39, 0.29) is 0 Å².